The molecule has 8 heteroatoms. The molecule has 0 aliphatic rings. The minimum absolute atomic E-state index is 0.109. The second kappa shape index (κ2) is 4.71. The number of anilines is 1. The molecule has 0 bridgehead atoms. The Kier molecular flexibility index (Phi) is 3.42. The molecule has 0 radical (unpaired) electrons. The lowest BCUT2D eigenvalue weighted by Gasteiger charge is -2.06. The SMILES string of the molecule is Cc1nn(C)cc1NS(=O)(=O)c1ccsc1CO. The highest BCUT2D eigenvalue weighted by Crippen LogP contribution is 2.25. The van der Waals surface area contributed by atoms with Gasteiger partial charge in [-0.3, -0.25) is 9.40 Å². The van der Waals surface area contributed by atoms with Crippen molar-refractivity contribution in [2.24, 2.45) is 7.05 Å². The van der Waals surface area contributed by atoms with E-state index in [0.29, 0.717) is 16.3 Å². The third-order valence-corrected chi connectivity index (χ3v) is 4.88. The fraction of sp³-hybridized carbons (Fsp3) is 0.300. The molecule has 98 valence electrons. The molecule has 0 amide bonds. The molecule has 0 atom stereocenters. The average molecular weight is 287 g/mol. The number of hydrogen-bond acceptors (Lipinski definition) is 5. The van der Waals surface area contributed by atoms with Crippen LogP contribution in [0.25, 0.3) is 0 Å². The predicted octanol–water partition coefficient (Wildman–Crippen LogP) is 1.08. The molecule has 2 N–H and O–H groups in total. The largest absolute Gasteiger partial charge is 0.391 e. The lowest BCUT2D eigenvalue weighted by atomic mass is 10.4. The fourth-order valence-electron chi connectivity index (χ4n) is 1.58. The van der Waals surface area contributed by atoms with E-state index >= 15 is 0 Å². The van der Waals surface area contributed by atoms with Crippen LogP contribution in [0.1, 0.15) is 10.6 Å². The summed E-state index contributed by atoms with van der Waals surface area (Å²) in [6.07, 6.45) is 1.60. The smallest absolute Gasteiger partial charge is 0.263 e. The molecule has 0 aromatic carbocycles. The van der Waals surface area contributed by atoms with Gasteiger partial charge in [0.1, 0.15) is 4.90 Å². The number of rotatable bonds is 4. The van der Waals surface area contributed by atoms with Crippen LogP contribution < -0.4 is 4.72 Å². The first-order chi connectivity index (χ1) is 8.44. The number of aliphatic hydroxyl groups is 1. The summed E-state index contributed by atoms with van der Waals surface area (Å²) in [5.74, 6) is 0. The Balaban J connectivity index is 2.36. The van der Waals surface area contributed by atoms with E-state index < -0.39 is 10.0 Å². The van der Waals surface area contributed by atoms with Gasteiger partial charge in [0.05, 0.1) is 22.9 Å². The number of nitrogens with zero attached hydrogens (tertiary/aromatic N) is 2. The summed E-state index contributed by atoms with van der Waals surface area (Å²) in [6, 6.07) is 1.48. The van der Waals surface area contributed by atoms with E-state index in [-0.39, 0.29) is 11.5 Å². The molecular formula is C10H13N3O3S2. The number of sulfonamides is 1. The summed E-state index contributed by atoms with van der Waals surface area (Å²) in [6.45, 7) is 1.43. The normalized spacial score (nSPS) is 11.7. The number of hydrogen-bond donors (Lipinski definition) is 2. The van der Waals surface area contributed by atoms with Crippen LogP contribution in [0.4, 0.5) is 5.69 Å². The molecule has 0 spiro atoms. The van der Waals surface area contributed by atoms with Crippen LogP contribution in [0, 0.1) is 6.92 Å². The van der Waals surface area contributed by atoms with Crippen LogP contribution in [0.15, 0.2) is 22.5 Å². The maximum Gasteiger partial charge on any atom is 0.263 e. The van der Waals surface area contributed by atoms with E-state index in [4.69, 9.17) is 5.11 Å². The van der Waals surface area contributed by atoms with Crippen molar-refractivity contribution in [3.8, 4) is 0 Å². The second-order valence-electron chi connectivity index (χ2n) is 3.77. The number of nitrogens with one attached hydrogen (secondary N) is 1. The summed E-state index contributed by atoms with van der Waals surface area (Å²) in [5, 5.41) is 14.8. The second-order valence-corrected chi connectivity index (χ2v) is 6.42. The number of thiophene rings is 1. The van der Waals surface area contributed by atoms with Gasteiger partial charge in [0.15, 0.2) is 0 Å². The molecule has 2 rings (SSSR count). The van der Waals surface area contributed by atoms with Gasteiger partial charge in [-0.05, 0) is 18.4 Å². The van der Waals surface area contributed by atoms with Crippen LogP contribution in [0.5, 0.6) is 0 Å². The summed E-state index contributed by atoms with van der Waals surface area (Å²) < 4.78 is 28.3. The van der Waals surface area contributed by atoms with Crippen LogP contribution in [-0.2, 0) is 23.7 Å². The van der Waals surface area contributed by atoms with Gasteiger partial charge >= 0.3 is 0 Å². The molecular weight excluding hydrogens is 274 g/mol. The zero-order valence-corrected chi connectivity index (χ0v) is 11.5. The van der Waals surface area contributed by atoms with Crippen molar-refractivity contribution in [1.29, 1.82) is 0 Å². The Bertz CT molecular complexity index is 658. The van der Waals surface area contributed by atoms with E-state index in [1.54, 1.807) is 25.5 Å². The first kappa shape index (κ1) is 13.1. The van der Waals surface area contributed by atoms with Gasteiger partial charge in [-0.15, -0.1) is 11.3 Å². The van der Waals surface area contributed by atoms with Crippen molar-refractivity contribution in [2.75, 3.05) is 4.72 Å². The van der Waals surface area contributed by atoms with Crippen molar-refractivity contribution in [3.05, 3.63) is 28.2 Å². The zero-order chi connectivity index (χ0) is 13.3. The Hall–Kier alpha value is -1.38. The molecule has 6 nitrogen and oxygen atoms in total. The Morgan fingerprint density at radius 2 is 2.28 bits per heavy atom. The molecule has 0 unspecified atom stereocenters. The molecule has 0 aliphatic carbocycles. The predicted molar refractivity (Wildman–Crippen MR) is 69.0 cm³/mol. The van der Waals surface area contributed by atoms with Crippen LogP contribution in [0.2, 0.25) is 0 Å². The highest BCUT2D eigenvalue weighted by molar-refractivity contribution is 7.93. The quantitative estimate of drug-likeness (QED) is 0.881. The molecule has 0 fully saturated rings. The highest BCUT2D eigenvalue weighted by Gasteiger charge is 2.21. The standard InChI is InChI=1S/C10H13N3O3S2/c1-7-8(5-13(2)11-7)12-18(15,16)10-3-4-17-9(10)6-14/h3-5,12,14H,6H2,1-2H3. The maximum atomic E-state index is 12.2. The van der Waals surface area contributed by atoms with Crippen molar-refractivity contribution in [2.45, 2.75) is 18.4 Å². The van der Waals surface area contributed by atoms with Gasteiger partial charge in [0.25, 0.3) is 10.0 Å². The van der Waals surface area contributed by atoms with E-state index in [2.05, 4.69) is 9.82 Å². The monoisotopic (exact) mass is 287 g/mol. The van der Waals surface area contributed by atoms with Crippen LogP contribution in [0.3, 0.4) is 0 Å². The summed E-state index contributed by atoms with van der Waals surface area (Å²) in [7, 11) is -1.96. The van der Waals surface area contributed by atoms with Gasteiger partial charge in [-0.2, -0.15) is 5.10 Å². The molecule has 2 aromatic heterocycles. The molecule has 0 saturated carbocycles. The topological polar surface area (TPSA) is 84.2 Å². The summed E-state index contributed by atoms with van der Waals surface area (Å²) in [4.78, 5) is 0.530. The molecule has 2 heterocycles. The van der Waals surface area contributed by atoms with E-state index in [1.807, 2.05) is 0 Å². The summed E-state index contributed by atoms with van der Waals surface area (Å²) >= 11 is 1.21. The lowest BCUT2D eigenvalue weighted by Crippen LogP contribution is -2.14. The van der Waals surface area contributed by atoms with Crippen molar-refractivity contribution < 1.29 is 13.5 Å². The van der Waals surface area contributed by atoms with Crippen LogP contribution >= 0.6 is 11.3 Å². The minimum Gasteiger partial charge on any atom is -0.391 e. The van der Waals surface area contributed by atoms with E-state index in [1.165, 1.54) is 22.1 Å². The van der Waals surface area contributed by atoms with E-state index in [0.717, 1.165) is 0 Å². The Morgan fingerprint density at radius 1 is 1.56 bits per heavy atom. The molecule has 2 aromatic rings. The molecule has 0 saturated heterocycles. The lowest BCUT2D eigenvalue weighted by molar-refractivity contribution is 0.282. The van der Waals surface area contributed by atoms with Gasteiger partial charge < -0.3 is 5.11 Å². The van der Waals surface area contributed by atoms with Crippen LogP contribution in [-0.4, -0.2) is 23.3 Å². The van der Waals surface area contributed by atoms with Gasteiger partial charge in [0.2, 0.25) is 0 Å². The van der Waals surface area contributed by atoms with Gasteiger partial charge in [-0.1, -0.05) is 0 Å². The third-order valence-electron chi connectivity index (χ3n) is 2.40. The number of aryl methyl sites for hydroxylation is 2. The molecule has 18 heavy (non-hydrogen) atoms. The summed E-state index contributed by atoms with van der Waals surface area (Å²) in [5.41, 5.74) is 1.04. The minimum atomic E-state index is -3.67. The maximum absolute atomic E-state index is 12.2. The van der Waals surface area contributed by atoms with Gasteiger partial charge in [-0.25, -0.2) is 8.42 Å². The average Bonchev–Trinajstić information content (AvgIpc) is 2.85. The van der Waals surface area contributed by atoms with Crippen molar-refractivity contribution in [1.82, 2.24) is 9.78 Å². The number of aliphatic hydroxyl groups excluding tert-OH is 1. The third kappa shape index (κ3) is 2.40. The zero-order valence-electron chi connectivity index (χ0n) is 9.91. The first-order valence-corrected chi connectivity index (χ1v) is 7.50. The molecule has 0 aliphatic heterocycles. The van der Waals surface area contributed by atoms with Crippen molar-refractivity contribution in [3.63, 3.8) is 0 Å². The number of aromatic nitrogens is 2. The Morgan fingerprint density at radius 3 is 2.83 bits per heavy atom. The van der Waals surface area contributed by atoms with E-state index in [9.17, 15) is 8.42 Å². The highest BCUT2D eigenvalue weighted by atomic mass is 32.2. The van der Waals surface area contributed by atoms with Crippen molar-refractivity contribution >= 4 is 27.0 Å². The first-order valence-electron chi connectivity index (χ1n) is 5.14. The Labute approximate surface area is 109 Å². The fourth-order valence-corrected chi connectivity index (χ4v) is 3.98. The van der Waals surface area contributed by atoms with Gasteiger partial charge in [0, 0.05) is 13.2 Å².